The molecular weight excluding hydrogens is 240 g/mol. The van der Waals surface area contributed by atoms with E-state index < -0.39 is 0 Å². The van der Waals surface area contributed by atoms with Gasteiger partial charge in [0.2, 0.25) is 0 Å². The summed E-state index contributed by atoms with van der Waals surface area (Å²) in [4.78, 5) is 15.8. The number of para-hydroxylation sites is 1. The van der Waals surface area contributed by atoms with Gasteiger partial charge in [-0.05, 0) is 30.9 Å². The lowest BCUT2D eigenvalue weighted by molar-refractivity contribution is 0.157. The zero-order chi connectivity index (χ0) is 13.8. The topological polar surface area (TPSA) is 43.8 Å². The molecule has 0 aliphatic carbocycles. The molecule has 104 valence electrons. The normalized spacial score (nSPS) is 16.5. The maximum Gasteiger partial charge on any atom is 0.324 e. The number of carbonyl (C=O) groups excluding carboxylic acids is 1. The van der Waals surface area contributed by atoms with Crippen molar-refractivity contribution in [1.82, 2.24) is 4.90 Å². The SMILES string of the molecule is CCC(O)CCCN1C(=O)N(C)Cc2ccccc21. The summed E-state index contributed by atoms with van der Waals surface area (Å²) in [6.45, 7) is 3.31. The van der Waals surface area contributed by atoms with E-state index in [1.54, 1.807) is 4.90 Å². The average molecular weight is 262 g/mol. The number of fused-ring (bicyclic) bond motifs is 1. The highest BCUT2D eigenvalue weighted by molar-refractivity contribution is 5.94. The van der Waals surface area contributed by atoms with Crippen LogP contribution >= 0.6 is 0 Å². The van der Waals surface area contributed by atoms with Gasteiger partial charge in [0.05, 0.1) is 11.8 Å². The monoisotopic (exact) mass is 262 g/mol. The lowest BCUT2D eigenvalue weighted by atomic mass is 10.1. The number of anilines is 1. The molecule has 1 heterocycles. The minimum Gasteiger partial charge on any atom is -0.393 e. The summed E-state index contributed by atoms with van der Waals surface area (Å²) in [5.41, 5.74) is 2.19. The van der Waals surface area contributed by atoms with E-state index in [-0.39, 0.29) is 12.1 Å². The summed E-state index contributed by atoms with van der Waals surface area (Å²) in [6, 6.07) is 8.07. The number of hydrogen-bond donors (Lipinski definition) is 1. The van der Waals surface area contributed by atoms with Crippen molar-refractivity contribution in [3.05, 3.63) is 29.8 Å². The van der Waals surface area contributed by atoms with Gasteiger partial charge < -0.3 is 10.0 Å². The Morgan fingerprint density at radius 3 is 2.84 bits per heavy atom. The van der Waals surface area contributed by atoms with Crippen molar-refractivity contribution in [3.8, 4) is 0 Å². The number of aliphatic hydroxyl groups excluding tert-OH is 1. The number of carbonyl (C=O) groups is 1. The van der Waals surface area contributed by atoms with Gasteiger partial charge in [0.25, 0.3) is 0 Å². The molecule has 19 heavy (non-hydrogen) atoms. The molecule has 4 nitrogen and oxygen atoms in total. The second-order valence-corrected chi connectivity index (χ2v) is 5.12. The fourth-order valence-electron chi connectivity index (χ4n) is 2.45. The maximum absolute atomic E-state index is 12.2. The van der Waals surface area contributed by atoms with Crippen LogP contribution in [0.1, 0.15) is 31.7 Å². The van der Waals surface area contributed by atoms with Crippen molar-refractivity contribution >= 4 is 11.7 Å². The Kier molecular flexibility index (Phi) is 4.43. The van der Waals surface area contributed by atoms with E-state index in [2.05, 4.69) is 6.07 Å². The van der Waals surface area contributed by atoms with Crippen molar-refractivity contribution in [2.24, 2.45) is 0 Å². The van der Waals surface area contributed by atoms with Gasteiger partial charge in [-0.25, -0.2) is 4.79 Å². The number of rotatable bonds is 5. The third-order valence-corrected chi connectivity index (χ3v) is 3.64. The molecule has 1 N–H and O–H groups in total. The fourth-order valence-corrected chi connectivity index (χ4v) is 2.45. The molecule has 1 unspecified atom stereocenters. The molecule has 2 rings (SSSR count). The first kappa shape index (κ1) is 13.9. The lowest BCUT2D eigenvalue weighted by Crippen LogP contribution is -2.45. The zero-order valence-electron chi connectivity index (χ0n) is 11.7. The summed E-state index contributed by atoms with van der Waals surface area (Å²) in [7, 11) is 1.83. The van der Waals surface area contributed by atoms with Crippen molar-refractivity contribution in [3.63, 3.8) is 0 Å². The first-order valence-electron chi connectivity index (χ1n) is 6.92. The molecule has 2 amide bonds. The van der Waals surface area contributed by atoms with E-state index in [1.807, 2.05) is 37.1 Å². The van der Waals surface area contributed by atoms with Crippen LogP contribution in [0.5, 0.6) is 0 Å². The largest absolute Gasteiger partial charge is 0.393 e. The Balaban J connectivity index is 2.07. The van der Waals surface area contributed by atoms with Crippen LogP contribution in [0, 0.1) is 0 Å². The highest BCUT2D eigenvalue weighted by Crippen LogP contribution is 2.27. The summed E-state index contributed by atoms with van der Waals surface area (Å²) in [6.07, 6.45) is 2.08. The van der Waals surface area contributed by atoms with E-state index in [1.165, 1.54) is 5.56 Å². The first-order valence-corrected chi connectivity index (χ1v) is 6.92. The lowest BCUT2D eigenvalue weighted by Gasteiger charge is -2.35. The number of urea groups is 1. The van der Waals surface area contributed by atoms with Gasteiger partial charge in [0.1, 0.15) is 0 Å². The molecule has 0 radical (unpaired) electrons. The number of nitrogens with zero attached hydrogens (tertiary/aromatic N) is 2. The van der Waals surface area contributed by atoms with Crippen LogP contribution in [0.4, 0.5) is 10.5 Å². The van der Waals surface area contributed by atoms with Crippen molar-refractivity contribution in [2.75, 3.05) is 18.5 Å². The molecule has 0 saturated heterocycles. The first-order chi connectivity index (χ1) is 9.13. The molecule has 1 aliphatic rings. The van der Waals surface area contributed by atoms with Crippen LogP contribution in [0.25, 0.3) is 0 Å². The standard InChI is InChI=1S/C15H22N2O2/c1-3-13(18)8-6-10-17-14-9-5-4-7-12(14)11-16(2)15(17)19/h4-5,7,9,13,18H,3,6,8,10-11H2,1-2H3. The van der Waals surface area contributed by atoms with E-state index in [0.717, 1.165) is 24.9 Å². The van der Waals surface area contributed by atoms with Gasteiger partial charge in [-0.1, -0.05) is 25.1 Å². The van der Waals surface area contributed by atoms with Crippen LogP contribution in [0.3, 0.4) is 0 Å². The Morgan fingerprint density at radius 2 is 2.11 bits per heavy atom. The number of aliphatic hydroxyl groups is 1. The van der Waals surface area contributed by atoms with Crippen molar-refractivity contribution < 1.29 is 9.90 Å². The molecule has 1 aromatic rings. The van der Waals surface area contributed by atoms with Crippen LogP contribution < -0.4 is 4.90 Å². The molecule has 0 spiro atoms. The van der Waals surface area contributed by atoms with Gasteiger partial charge in [-0.2, -0.15) is 0 Å². The van der Waals surface area contributed by atoms with Crippen molar-refractivity contribution in [1.29, 1.82) is 0 Å². The highest BCUT2D eigenvalue weighted by Gasteiger charge is 2.27. The molecule has 0 saturated carbocycles. The van der Waals surface area contributed by atoms with Crippen LogP contribution in [0.15, 0.2) is 24.3 Å². The van der Waals surface area contributed by atoms with Crippen LogP contribution in [-0.2, 0) is 6.54 Å². The Morgan fingerprint density at radius 1 is 1.37 bits per heavy atom. The Bertz CT molecular complexity index is 448. The number of amides is 2. The number of benzene rings is 1. The minimum atomic E-state index is -0.257. The summed E-state index contributed by atoms with van der Waals surface area (Å²) >= 11 is 0. The zero-order valence-corrected chi connectivity index (χ0v) is 11.7. The predicted octanol–water partition coefficient (Wildman–Crippen LogP) is 2.61. The molecule has 0 fully saturated rings. The van der Waals surface area contributed by atoms with Crippen LogP contribution in [0.2, 0.25) is 0 Å². The predicted molar refractivity (Wildman–Crippen MR) is 76.2 cm³/mol. The second-order valence-electron chi connectivity index (χ2n) is 5.12. The van der Waals surface area contributed by atoms with Gasteiger partial charge >= 0.3 is 6.03 Å². The summed E-state index contributed by atoms with van der Waals surface area (Å²) in [5.74, 6) is 0. The number of hydrogen-bond acceptors (Lipinski definition) is 2. The second kappa shape index (κ2) is 6.06. The van der Waals surface area contributed by atoms with E-state index >= 15 is 0 Å². The Hall–Kier alpha value is -1.55. The highest BCUT2D eigenvalue weighted by atomic mass is 16.3. The molecule has 4 heteroatoms. The van der Waals surface area contributed by atoms with E-state index in [4.69, 9.17) is 0 Å². The summed E-state index contributed by atoms with van der Waals surface area (Å²) < 4.78 is 0. The van der Waals surface area contributed by atoms with Gasteiger partial charge in [0, 0.05) is 20.1 Å². The molecular formula is C15H22N2O2. The molecule has 1 atom stereocenters. The third kappa shape index (κ3) is 3.07. The molecule has 1 aliphatic heterocycles. The summed E-state index contributed by atoms with van der Waals surface area (Å²) in [5, 5.41) is 9.59. The van der Waals surface area contributed by atoms with Crippen molar-refractivity contribution in [2.45, 2.75) is 38.8 Å². The average Bonchev–Trinajstić information content (AvgIpc) is 2.42. The van der Waals surface area contributed by atoms with Gasteiger partial charge in [-0.3, -0.25) is 4.90 Å². The van der Waals surface area contributed by atoms with Gasteiger partial charge in [0.15, 0.2) is 0 Å². The van der Waals surface area contributed by atoms with Crippen LogP contribution in [-0.4, -0.2) is 35.7 Å². The Labute approximate surface area is 114 Å². The molecule has 0 aromatic heterocycles. The maximum atomic E-state index is 12.2. The molecule has 0 bridgehead atoms. The van der Waals surface area contributed by atoms with Gasteiger partial charge in [-0.15, -0.1) is 0 Å². The molecule has 1 aromatic carbocycles. The third-order valence-electron chi connectivity index (χ3n) is 3.64. The smallest absolute Gasteiger partial charge is 0.324 e. The fraction of sp³-hybridized carbons (Fsp3) is 0.533. The van der Waals surface area contributed by atoms with E-state index in [0.29, 0.717) is 13.1 Å². The quantitative estimate of drug-likeness (QED) is 0.886. The van der Waals surface area contributed by atoms with E-state index in [9.17, 15) is 9.90 Å². The minimum absolute atomic E-state index is 0.0460.